The third-order valence-corrected chi connectivity index (χ3v) is 6.69. The maximum atomic E-state index is 12.3. The van der Waals surface area contributed by atoms with Crippen LogP contribution in [0.1, 0.15) is 39.2 Å². The van der Waals surface area contributed by atoms with E-state index in [0.717, 1.165) is 45.4 Å². The molecule has 4 rings (SSSR count). The molecule has 1 amide bonds. The van der Waals surface area contributed by atoms with Gasteiger partial charge in [0.1, 0.15) is 5.75 Å². The van der Waals surface area contributed by atoms with Crippen LogP contribution in [-0.2, 0) is 20.7 Å². The first-order valence-corrected chi connectivity index (χ1v) is 10.7. The monoisotopic (exact) mass is 418 g/mol. The van der Waals surface area contributed by atoms with E-state index in [-0.39, 0.29) is 23.4 Å². The molecule has 0 aliphatic carbocycles. The molecular formula is C23H34N2O5. The summed E-state index contributed by atoms with van der Waals surface area (Å²) in [4.78, 5) is 23.2. The zero-order chi connectivity index (χ0) is 21.9. The number of ether oxygens (including phenoxy) is 1. The van der Waals surface area contributed by atoms with E-state index in [1.54, 1.807) is 12.1 Å². The molecular weight excluding hydrogens is 384 g/mol. The van der Waals surface area contributed by atoms with Crippen molar-refractivity contribution >= 4 is 12.4 Å². The highest BCUT2D eigenvalue weighted by Gasteiger charge is 2.62. The molecule has 7 nitrogen and oxygen atoms in total. The van der Waals surface area contributed by atoms with Gasteiger partial charge in [-0.3, -0.25) is 14.5 Å². The van der Waals surface area contributed by atoms with E-state index in [0.29, 0.717) is 23.7 Å². The second-order valence-corrected chi connectivity index (χ2v) is 9.75. The van der Waals surface area contributed by atoms with Crippen LogP contribution < -0.4 is 5.32 Å². The summed E-state index contributed by atoms with van der Waals surface area (Å²) in [6.45, 7) is 9.45. The molecule has 0 unspecified atom stereocenters. The Bertz CT molecular complexity index is 745. The van der Waals surface area contributed by atoms with Gasteiger partial charge < -0.3 is 20.3 Å². The average molecular weight is 419 g/mol. The number of benzene rings is 1. The molecule has 3 saturated heterocycles. The molecule has 1 aromatic rings. The molecule has 3 fully saturated rings. The molecule has 0 aromatic heterocycles. The van der Waals surface area contributed by atoms with Gasteiger partial charge in [0, 0.05) is 43.4 Å². The number of hydrogen-bond donors (Lipinski definition) is 3. The summed E-state index contributed by atoms with van der Waals surface area (Å²) in [6, 6.07) is 7.51. The van der Waals surface area contributed by atoms with Gasteiger partial charge in [-0.05, 0) is 37.0 Å². The standard InChI is InChI=1S/C22H32N2O3.CH2O2/c1-21(2,3)20(26)23-12-17-18-13-24(14-22(18)10-8-19(17)27-22)11-9-15-4-6-16(25)7-5-15;2-1-3/h4-7,17-19,25H,8-14H2,1-3H3,(H,23,26);1H,(H,2,3)/t17-,18+,19+,22+;/m0./s1. The molecule has 2 bridgehead atoms. The summed E-state index contributed by atoms with van der Waals surface area (Å²) in [7, 11) is 0. The lowest BCUT2D eigenvalue weighted by Crippen LogP contribution is -2.44. The molecule has 4 atom stereocenters. The summed E-state index contributed by atoms with van der Waals surface area (Å²) >= 11 is 0. The third-order valence-electron chi connectivity index (χ3n) is 6.69. The Morgan fingerprint density at radius 1 is 1.33 bits per heavy atom. The normalized spacial score (nSPS) is 29.8. The van der Waals surface area contributed by atoms with E-state index in [1.165, 1.54) is 5.56 Å². The van der Waals surface area contributed by atoms with Crippen molar-refractivity contribution in [2.45, 2.75) is 51.7 Å². The number of likely N-dealkylation sites (tertiary alicyclic amines) is 1. The largest absolute Gasteiger partial charge is 0.508 e. The number of amides is 1. The molecule has 0 saturated carbocycles. The van der Waals surface area contributed by atoms with Crippen molar-refractivity contribution in [1.29, 1.82) is 0 Å². The molecule has 3 N–H and O–H groups in total. The number of nitrogens with zero attached hydrogens (tertiary/aromatic N) is 1. The zero-order valence-electron chi connectivity index (χ0n) is 18.1. The fourth-order valence-electron chi connectivity index (χ4n) is 5.16. The molecule has 3 aliphatic heterocycles. The summed E-state index contributed by atoms with van der Waals surface area (Å²) in [5.41, 5.74) is 0.917. The highest BCUT2D eigenvalue weighted by Crippen LogP contribution is 2.54. The van der Waals surface area contributed by atoms with E-state index < -0.39 is 0 Å². The Morgan fingerprint density at radius 2 is 2.00 bits per heavy atom. The van der Waals surface area contributed by atoms with Crippen molar-refractivity contribution in [3.63, 3.8) is 0 Å². The quantitative estimate of drug-likeness (QED) is 0.635. The lowest BCUT2D eigenvalue weighted by atomic mass is 9.73. The molecule has 3 aliphatic rings. The molecule has 3 heterocycles. The Morgan fingerprint density at radius 3 is 2.63 bits per heavy atom. The van der Waals surface area contributed by atoms with Gasteiger partial charge in [0.25, 0.3) is 6.47 Å². The van der Waals surface area contributed by atoms with Crippen LogP contribution >= 0.6 is 0 Å². The SMILES string of the molecule is CC(C)(C)C(=O)NC[C@H]1[C@H]2CN(CCc3ccc(O)cc3)C[C@]23CC[C@H]1O3.O=CO. The number of carbonyl (C=O) groups is 2. The minimum absolute atomic E-state index is 0.0107. The van der Waals surface area contributed by atoms with Crippen molar-refractivity contribution in [3.8, 4) is 5.75 Å². The van der Waals surface area contributed by atoms with Crippen LogP contribution in [0.2, 0.25) is 0 Å². The number of carbonyl (C=O) groups excluding carboxylic acids is 1. The van der Waals surface area contributed by atoms with E-state index in [9.17, 15) is 9.90 Å². The van der Waals surface area contributed by atoms with Crippen LogP contribution in [0.3, 0.4) is 0 Å². The second-order valence-electron chi connectivity index (χ2n) is 9.75. The number of hydrogen-bond acceptors (Lipinski definition) is 5. The Hall–Kier alpha value is -2.12. The maximum absolute atomic E-state index is 12.3. The first kappa shape index (κ1) is 22.6. The molecule has 0 radical (unpaired) electrons. The average Bonchev–Trinajstić information content (AvgIpc) is 3.33. The predicted molar refractivity (Wildman–Crippen MR) is 113 cm³/mol. The van der Waals surface area contributed by atoms with Crippen LogP contribution in [0.15, 0.2) is 24.3 Å². The van der Waals surface area contributed by atoms with Crippen LogP contribution in [0.25, 0.3) is 0 Å². The molecule has 1 aromatic carbocycles. The van der Waals surface area contributed by atoms with Crippen LogP contribution in [0, 0.1) is 17.3 Å². The van der Waals surface area contributed by atoms with Crippen LogP contribution in [0.4, 0.5) is 0 Å². The summed E-state index contributed by atoms with van der Waals surface area (Å²) in [5.74, 6) is 1.40. The van der Waals surface area contributed by atoms with Gasteiger partial charge in [-0.25, -0.2) is 0 Å². The summed E-state index contributed by atoms with van der Waals surface area (Å²) in [6.07, 6.45) is 3.58. The first-order chi connectivity index (χ1) is 14.2. The Labute approximate surface area is 178 Å². The highest BCUT2D eigenvalue weighted by molar-refractivity contribution is 5.81. The van der Waals surface area contributed by atoms with E-state index >= 15 is 0 Å². The lowest BCUT2D eigenvalue weighted by molar-refractivity contribution is -0.128. The minimum Gasteiger partial charge on any atom is -0.508 e. The van der Waals surface area contributed by atoms with Gasteiger partial charge in [-0.2, -0.15) is 0 Å². The molecule has 1 spiro atoms. The Balaban J connectivity index is 0.000000806. The Kier molecular flexibility index (Phi) is 6.72. The topological polar surface area (TPSA) is 99.1 Å². The number of phenolic OH excluding ortho intramolecular Hbond substituents is 1. The number of carboxylic acid groups (broad SMARTS) is 1. The fourth-order valence-corrected chi connectivity index (χ4v) is 5.16. The number of nitrogens with one attached hydrogen (secondary N) is 1. The van der Waals surface area contributed by atoms with Gasteiger partial charge in [-0.1, -0.05) is 32.9 Å². The van der Waals surface area contributed by atoms with Crippen molar-refractivity contribution in [2.75, 3.05) is 26.2 Å². The number of fused-ring (bicyclic) bond motifs is 1. The van der Waals surface area contributed by atoms with Crippen molar-refractivity contribution < 1.29 is 24.5 Å². The summed E-state index contributed by atoms with van der Waals surface area (Å²) < 4.78 is 6.49. The fraction of sp³-hybridized carbons (Fsp3) is 0.652. The van der Waals surface area contributed by atoms with E-state index in [4.69, 9.17) is 14.6 Å². The van der Waals surface area contributed by atoms with Crippen molar-refractivity contribution in [1.82, 2.24) is 10.2 Å². The van der Waals surface area contributed by atoms with Gasteiger partial charge >= 0.3 is 0 Å². The molecule has 166 valence electrons. The number of phenols is 1. The van der Waals surface area contributed by atoms with Crippen molar-refractivity contribution in [2.24, 2.45) is 17.3 Å². The zero-order valence-corrected chi connectivity index (χ0v) is 18.1. The number of aromatic hydroxyl groups is 1. The van der Waals surface area contributed by atoms with Crippen LogP contribution in [0.5, 0.6) is 5.75 Å². The van der Waals surface area contributed by atoms with Gasteiger partial charge in [-0.15, -0.1) is 0 Å². The predicted octanol–water partition coefficient (Wildman–Crippen LogP) is 2.28. The second kappa shape index (κ2) is 8.94. The van der Waals surface area contributed by atoms with E-state index in [1.807, 2.05) is 32.9 Å². The smallest absolute Gasteiger partial charge is 0.290 e. The van der Waals surface area contributed by atoms with Gasteiger partial charge in [0.05, 0.1) is 11.7 Å². The van der Waals surface area contributed by atoms with Crippen LogP contribution in [-0.4, -0.2) is 65.4 Å². The highest BCUT2D eigenvalue weighted by atomic mass is 16.5. The number of rotatable bonds is 5. The first-order valence-electron chi connectivity index (χ1n) is 10.7. The molecule has 7 heteroatoms. The van der Waals surface area contributed by atoms with Crippen molar-refractivity contribution in [3.05, 3.63) is 29.8 Å². The van der Waals surface area contributed by atoms with E-state index in [2.05, 4.69) is 10.2 Å². The van der Waals surface area contributed by atoms with Gasteiger partial charge in [0.2, 0.25) is 5.91 Å². The third kappa shape index (κ3) is 4.78. The molecule has 30 heavy (non-hydrogen) atoms. The minimum atomic E-state index is -0.345. The van der Waals surface area contributed by atoms with Gasteiger partial charge in [0.15, 0.2) is 0 Å². The maximum Gasteiger partial charge on any atom is 0.290 e. The lowest BCUT2D eigenvalue weighted by Gasteiger charge is -2.30. The summed E-state index contributed by atoms with van der Waals surface area (Å²) in [5, 5.41) is 19.5.